The summed E-state index contributed by atoms with van der Waals surface area (Å²) < 4.78 is 45.1. The average Bonchev–Trinajstić information content (AvgIpc) is 3.40. The summed E-state index contributed by atoms with van der Waals surface area (Å²) in [6, 6.07) is 4.75. The molecule has 1 aliphatic carbocycles. The van der Waals surface area contributed by atoms with Crippen molar-refractivity contribution in [3.63, 3.8) is 0 Å². The number of nitrogens with zero attached hydrogens (tertiary/aromatic N) is 1. The first-order chi connectivity index (χ1) is 11.4. The Hall–Kier alpha value is -1.47. The lowest BCUT2D eigenvalue weighted by atomic mass is 10.00. The zero-order valence-corrected chi connectivity index (χ0v) is 14.5. The van der Waals surface area contributed by atoms with E-state index < -0.39 is 21.8 Å². The number of ether oxygens (including phenoxy) is 1. The Morgan fingerprint density at radius 2 is 1.92 bits per heavy atom. The van der Waals surface area contributed by atoms with E-state index in [0.29, 0.717) is 25.3 Å². The molecule has 3 rings (SSSR count). The van der Waals surface area contributed by atoms with Crippen LogP contribution in [0.4, 0.5) is 4.39 Å². The maximum absolute atomic E-state index is 13.0. The molecular weight excluding hydrogens is 333 g/mol. The highest BCUT2D eigenvalue weighted by Gasteiger charge is 2.36. The molecule has 5 nitrogen and oxygen atoms in total. The highest BCUT2D eigenvalue weighted by molar-refractivity contribution is 7.89. The Bertz CT molecular complexity index is 700. The molecule has 24 heavy (non-hydrogen) atoms. The number of carbonyl (C=O) groups excluding carboxylic acids is 1. The Kier molecular flexibility index (Phi) is 4.92. The smallest absolute Gasteiger partial charge is 0.310 e. The van der Waals surface area contributed by atoms with Crippen molar-refractivity contribution in [2.75, 3.05) is 13.1 Å². The third kappa shape index (κ3) is 3.78. The first kappa shape index (κ1) is 17.4. The van der Waals surface area contributed by atoms with Crippen molar-refractivity contribution >= 4 is 16.0 Å². The number of hydrogen-bond acceptors (Lipinski definition) is 4. The maximum atomic E-state index is 13.0. The first-order valence-electron chi connectivity index (χ1n) is 8.34. The summed E-state index contributed by atoms with van der Waals surface area (Å²) in [4.78, 5) is 12.3. The number of rotatable bonds is 5. The minimum Gasteiger partial charge on any atom is -0.462 e. The highest BCUT2D eigenvalue weighted by atomic mass is 32.2. The summed E-state index contributed by atoms with van der Waals surface area (Å²) in [5.41, 5.74) is 0. The third-order valence-electron chi connectivity index (χ3n) is 4.76. The molecule has 0 amide bonds. The molecule has 0 radical (unpaired) electrons. The number of piperidine rings is 1. The summed E-state index contributed by atoms with van der Waals surface area (Å²) >= 11 is 0. The van der Waals surface area contributed by atoms with Crippen molar-refractivity contribution in [2.45, 2.75) is 43.6 Å². The molecule has 2 fully saturated rings. The van der Waals surface area contributed by atoms with Gasteiger partial charge in [0.25, 0.3) is 0 Å². The van der Waals surface area contributed by atoms with Crippen molar-refractivity contribution in [3.8, 4) is 0 Å². The van der Waals surface area contributed by atoms with Gasteiger partial charge in [0.2, 0.25) is 10.0 Å². The Morgan fingerprint density at radius 1 is 1.25 bits per heavy atom. The van der Waals surface area contributed by atoms with Gasteiger partial charge in [-0.3, -0.25) is 4.79 Å². The molecule has 1 aromatic carbocycles. The van der Waals surface area contributed by atoms with Crippen molar-refractivity contribution in [2.24, 2.45) is 11.8 Å². The van der Waals surface area contributed by atoms with Gasteiger partial charge in [-0.15, -0.1) is 0 Å². The summed E-state index contributed by atoms with van der Waals surface area (Å²) in [6.07, 6.45) is 3.32. The standard InChI is InChI=1S/C17H22FNO4S/c1-12(13-4-5-13)23-17(20)14-3-2-10-19(11-14)24(21,22)16-8-6-15(18)7-9-16/h6-9,12-14H,2-5,10-11H2,1H3/t12-,14-/m0/s1. The van der Waals surface area contributed by atoms with E-state index in [1.807, 2.05) is 6.92 Å². The quantitative estimate of drug-likeness (QED) is 0.762. The Balaban J connectivity index is 1.67. The molecule has 132 valence electrons. The number of hydrogen-bond donors (Lipinski definition) is 0. The van der Waals surface area contributed by atoms with Crippen molar-refractivity contribution in [1.82, 2.24) is 4.31 Å². The van der Waals surface area contributed by atoms with Gasteiger partial charge in [-0.05, 0) is 62.8 Å². The predicted octanol–water partition coefficient (Wildman–Crippen LogP) is 2.57. The normalized spacial score (nSPS) is 23.7. The molecule has 1 heterocycles. The molecular formula is C17H22FNO4S. The summed E-state index contributed by atoms with van der Waals surface area (Å²) in [5.74, 6) is -0.775. The Morgan fingerprint density at radius 3 is 2.54 bits per heavy atom. The lowest BCUT2D eigenvalue weighted by Gasteiger charge is -2.31. The molecule has 1 saturated heterocycles. The number of esters is 1. The van der Waals surface area contributed by atoms with Crippen molar-refractivity contribution < 1.29 is 22.3 Å². The van der Waals surface area contributed by atoms with Gasteiger partial charge in [-0.2, -0.15) is 4.31 Å². The monoisotopic (exact) mass is 355 g/mol. The van der Waals surface area contributed by atoms with Gasteiger partial charge in [0, 0.05) is 13.1 Å². The van der Waals surface area contributed by atoms with Crippen LogP contribution in [0.3, 0.4) is 0 Å². The van der Waals surface area contributed by atoms with E-state index in [-0.39, 0.29) is 23.5 Å². The zero-order chi connectivity index (χ0) is 17.3. The molecule has 1 aliphatic heterocycles. The summed E-state index contributed by atoms with van der Waals surface area (Å²) in [6.45, 7) is 2.38. The van der Waals surface area contributed by atoms with Gasteiger partial charge in [-0.1, -0.05) is 0 Å². The van der Waals surface area contributed by atoms with Crippen LogP contribution in [-0.2, 0) is 19.6 Å². The van der Waals surface area contributed by atoms with Crippen molar-refractivity contribution in [1.29, 1.82) is 0 Å². The van der Waals surface area contributed by atoms with Crippen LogP contribution < -0.4 is 0 Å². The van der Waals surface area contributed by atoms with Gasteiger partial charge in [-0.25, -0.2) is 12.8 Å². The lowest BCUT2D eigenvalue weighted by molar-refractivity contribution is -0.155. The molecule has 0 spiro atoms. The van der Waals surface area contributed by atoms with Crippen LogP contribution in [-0.4, -0.2) is 37.9 Å². The molecule has 2 atom stereocenters. The molecule has 0 N–H and O–H groups in total. The van der Waals surface area contributed by atoms with Crippen LogP contribution in [0.2, 0.25) is 0 Å². The van der Waals surface area contributed by atoms with E-state index in [1.165, 1.54) is 16.4 Å². The van der Waals surface area contributed by atoms with Gasteiger partial charge in [0.15, 0.2) is 0 Å². The van der Waals surface area contributed by atoms with Crippen molar-refractivity contribution in [3.05, 3.63) is 30.1 Å². The van der Waals surface area contributed by atoms with E-state index >= 15 is 0 Å². The third-order valence-corrected chi connectivity index (χ3v) is 6.64. The van der Waals surface area contributed by atoms with Crippen LogP contribution in [0, 0.1) is 17.7 Å². The fraction of sp³-hybridized carbons (Fsp3) is 0.588. The summed E-state index contributed by atoms with van der Waals surface area (Å²) in [7, 11) is -3.72. The minimum absolute atomic E-state index is 0.0456. The summed E-state index contributed by atoms with van der Waals surface area (Å²) in [5, 5.41) is 0. The Labute approximate surface area is 141 Å². The van der Waals surface area contributed by atoms with Gasteiger partial charge in [0.05, 0.1) is 10.8 Å². The fourth-order valence-electron chi connectivity index (χ4n) is 3.05. The molecule has 0 unspecified atom stereocenters. The van der Waals surface area contributed by atoms with E-state index in [2.05, 4.69) is 0 Å². The van der Waals surface area contributed by atoms with Gasteiger partial charge in [0.1, 0.15) is 11.9 Å². The van der Waals surface area contributed by atoms with Gasteiger partial charge >= 0.3 is 5.97 Å². The predicted molar refractivity (Wildman–Crippen MR) is 86.2 cm³/mol. The van der Waals surface area contributed by atoms with E-state index in [4.69, 9.17) is 4.74 Å². The molecule has 1 aromatic rings. The van der Waals surface area contributed by atoms with Crippen LogP contribution in [0.5, 0.6) is 0 Å². The van der Waals surface area contributed by atoms with E-state index in [9.17, 15) is 17.6 Å². The van der Waals surface area contributed by atoms with E-state index in [1.54, 1.807) is 0 Å². The average molecular weight is 355 g/mol. The first-order valence-corrected chi connectivity index (χ1v) is 9.78. The number of carbonyl (C=O) groups is 1. The van der Waals surface area contributed by atoms with Gasteiger partial charge < -0.3 is 4.74 Å². The van der Waals surface area contributed by atoms with Crippen LogP contribution >= 0.6 is 0 Å². The van der Waals surface area contributed by atoms with E-state index in [0.717, 1.165) is 25.0 Å². The highest BCUT2D eigenvalue weighted by Crippen LogP contribution is 2.35. The van der Waals surface area contributed by atoms with Crippen LogP contribution in [0.15, 0.2) is 29.2 Å². The van der Waals surface area contributed by atoms with Crippen LogP contribution in [0.25, 0.3) is 0 Å². The molecule has 0 bridgehead atoms. The second kappa shape index (κ2) is 6.80. The maximum Gasteiger partial charge on any atom is 0.310 e. The topological polar surface area (TPSA) is 63.7 Å². The lowest BCUT2D eigenvalue weighted by Crippen LogP contribution is -2.43. The minimum atomic E-state index is -3.72. The molecule has 7 heteroatoms. The SMILES string of the molecule is C[C@H](OC(=O)[C@H]1CCCN(S(=O)(=O)c2ccc(F)cc2)C1)C1CC1. The van der Waals surface area contributed by atoms with Crippen LogP contribution in [0.1, 0.15) is 32.6 Å². The second-order valence-corrected chi connectivity index (χ2v) is 8.57. The zero-order valence-electron chi connectivity index (χ0n) is 13.7. The number of sulfonamides is 1. The number of benzene rings is 1. The largest absolute Gasteiger partial charge is 0.462 e. The second-order valence-electron chi connectivity index (χ2n) is 6.64. The molecule has 2 aliphatic rings. The fourth-order valence-corrected chi connectivity index (χ4v) is 4.57. The number of halogens is 1. The molecule has 0 aromatic heterocycles. The molecule has 1 saturated carbocycles.